The van der Waals surface area contributed by atoms with E-state index in [1.165, 1.54) is 0 Å². The second-order valence-corrected chi connectivity index (χ2v) is 4.09. The summed E-state index contributed by atoms with van der Waals surface area (Å²) < 4.78 is 1.66. The number of hydrogen-bond acceptors (Lipinski definition) is 3. The molecule has 1 amide bonds. The zero-order chi connectivity index (χ0) is 11.6. The summed E-state index contributed by atoms with van der Waals surface area (Å²) in [5.74, 6) is -0.420. The van der Waals surface area contributed by atoms with Crippen LogP contribution in [-0.4, -0.2) is 28.3 Å². The number of halogens is 1. The van der Waals surface area contributed by atoms with E-state index in [9.17, 15) is 4.79 Å². The number of likely N-dealkylation sites (N-methyl/N-ethyl adjacent to an activating group) is 1. The lowest BCUT2D eigenvalue weighted by Crippen LogP contribution is -2.54. The normalized spacial score (nSPS) is 14.9. The zero-order valence-corrected chi connectivity index (χ0v) is 9.80. The third kappa shape index (κ3) is 2.30. The van der Waals surface area contributed by atoms with E-state index in [4.69, 9.17) is 17.3 Å². The maximum Gasteiger partial charge on any atom is 0.239 e. The number of nitrogens with zero attached hydrogens (tertiary/aromatic N) is 2. The standard InChI is InChI=1S/C9H15ClN4O/c1-6-7(10)4-13-14(6)5-9(2,12-3)8(11)15/h4,12H,5H2,1-3H3,(H2,11,15). The van der Waals surface area contributed by atoms with E-state index in [0.717, 1.165) is 5.69 Å². The monoisotopic (exact) mass is 230 g/mol. The summed E-state index contributed by atoms with van der Waals surface area (Å²) in [5.41, 5.74) is 5.31. The third-order valence-corrected chi connectivity index (χ3v) is 2.98. The highest BCUT2D eigenvalue weighted by Crippen LogP contribution is 2.16. The molecule has 0 aliphatic heterocycles. The molecular formula is C9H15ClN4O. The number of hydrogen-bond donors (Lipinski definition) is 2. The number of rotatable bonds is 4. The van der Waals surface area contributed by atoms with Crippen molar-refractivity contribution < 1.29 is 4.79 Å². The molecule has 0 saturated heterocycles. The van der Waals surface area contributed by atoms with Crippen LogP contribution in [0.3, 0.4) is 0 Å². The molecule has 0 saturated carbocycles. The molecular weight excluding hydrogens is 216 g/mol. The molecule has 1 aromatic rings. The molecule has 15 heavy (non-hydrogen) atoms. The van der Waals surface area contributed by atoms with Gasteiger partial charge in [-0.05, 0) is 20.9 Å². The highest BCUT2D eigenvalue weighted by Gasteiger charge is 2.30. The lowest BCUT2D eigenvalue weighted by Gasteiger charge is -2.25. The topological polar surface area (TPSA) is 72.9 Å². The SMILES string of the molecule is CNC(C)(Cn1ncc(Cl)c1C)C(N)=O. The number of nitrogens with two attached hydrogens (primary N) is 1. The minimum absolute atomic E-state index is 0.359. The molecule has 84 valence electrons. The first kappa shape index (κ1) is 12.0. The van der Waals surface area contributed by atoms with E-state index in [2.05, 4.69) is 10.4 Å². The molecule has 0 spiro atoms. The average Bonchev–Trinajstić information content (AvgIpc) is 2.49. The van der Waals surface area contributed by atoms with Gasteiger partial charge in [0.05, 0.1) is 23.5 Å². The Morgan fingerprint density at radius 2 is 2.40 bits per heavy atom. The van der Waals surface area contributed by atoms with Gasteiger partial charge < -0.3 is 11.1 Å². The van der Waals surface area contributed by atoms with E-state index >= 15 is 0 Å². The van der Waals surface area contributed by atoms with Crippen molar-refractivity contribution >= 4 is 17.5 Å². The second kappa shape index (κ2) is 4.20. The molecule has 0 aromatic carbocycles. The van der Waals surface area contributed by atoms with Crippen LogP contribution in [0.1, 0.15) is 12.6 Å². The number of primary amides is 1. The summed E-state index contributed by atoms with van der Waals surface area (Å²) in [4.78, 5) is 11.3. The Bertz CT molecular complexity index is 376. The molecule has 1 rings (SSSR count). The Labute approximate surface area is 93.6 Å². The fraction of sp³-hybridized carbons (Fsp3) is 0.556. The molecule has 6 heteroatoms. The summed E-state index contributed by atoms with van der Waals surface area (Å²) in [5, 5.41) is 7.53. The van der Waals surface area contributed by atoms with Crippen LogP contribution in [0.4, 0.5) is 0 Å². The van der Waals surface area contributed by atoms with Gasteiger partial charge in [0, 0.05) is 0 Å². The van der Waals surface area contributed by atoms with Crippen molar-refractivity contribution in [3.05, 3.63) is 16.9 Å². The van der Waals surface area contributed by atoms with E-state index in [1.54, 1.807) is 24.9 Å². The van der Waals surface area contributed by atoms with Crippen LogP contribution in [0.25, 0.3) is 0 Å². The van der Waals surface area contributed by atoms with Crippen molar-refractivity contribution in [2.45, 2.75) is 25.9 Å². The number of amides is 1. The predicted molar refractivity (Wildman–Crippen MR) is 58.6 cm³/mol. The quantitative estimate of drug-likeness (QED) is 0.782. The Balaban J connectivity index is 2.94. The smallest absolute Gasteiger partial charge is 0.239 e. The predicted octanol–water partition coefficient (Wildman–Crippen LogP) is 0.308. The number of carbonyl (C=O) groups is 1. The maximum atomic E-state index is 11.3. The second-order valence-electron chi connectivity index (χ2n) is 3.68. The Hall–Kier alpha value is -1.07. The van der Waals surface area contributed by atoms with E-state index < -0.39 is 11.4 Å². The largest absolute Gasteiger partial charge is 0.368 e. The van der Waals surface area contributed by atoms with Crippen molar-refractivity contribution in [2.75, 3.05) is 7.05 Å². The Morgan fingerprint density at radius 3 is 2.73 bits per heavy atom. The van der Waals surface area contributed by atoms with Gasteiger partial charge in [-0.1, -0.05) is 11.6 Å². The van der Waals surface area contributed by atoms with Gasteiger partial charge in [0.2, 0.25) is 5.91 Å². The number of carbonyl (C=O) groups excluding carboxylic acids is 1. The molecule has 0 aliphatic carbocycles. The average molecular weight is 231 g/mol. The van der Waals surface area contributed by atoms with Crippen molar-refractivity contribution in [1.29, 1.82) is 0 Å². The van der Waals surface area contributed by atoms with E-state index in [-0.39, 0.29) is 0 Å². The molecule has 0 aliphatic rings. The number of nitrogens with one attached hydrogen (secondary N) is 1. The van der Waals surface area contributed by atoms with Crippen LogP contribution >= 0.6 is 11.6 Å². The van der Waals surface area contributed by atoms with E-state index in [0.29, 0.717) is 11.6 Å². The fourth-order valence-corrected chi connectivity index (χ4v) is 1.30. The molecule has 0 fully saturated rings. The molecule has 3 N–H and O–H groups in total. The Morgan fingerprint density at radius 1 is 1.80 bits per heavy atom. The first-order chi connectivity index (χ1) is 6.90. The van der Waals surface area contributed by atoms with Crippen LogP contribution < -0.4 is 11.1 Å². The summed E-state index contributed by atoms with van der Waals surface area (Å²) >= 11 is 5.86. The summed E-state index contributed by atoms with van der Waals surface area (Å²) in [6.45, 7) is 3.92. The van der Waals surface area contributed by atoms with Crippen LogP contribution in [0, 0.1) is 6.92 Å². The van der Waals surface area contributed by atoms with Gasteiger partial charge in [-0.3, -0.25) is 9.48 Å². The highest BCUT2D eigenvalue weighted by atomic mass is 35.5. The van der Waals surface area contributed by atoms with Gasteiger partial charge in [-0.25, -0.2) is 0 Å². The van der Waals surface area contributed by atoms with Gasteiger partial charge >= 0.3 is 0 Å². The summed E-state index contributed by atoms with van der Waals surface area (Å²) in [6.07, 6.45) is 1.55. The first-order valence-electron chi connectivity index (χ1n) is 4.57. The minimum Gasteiger partial charge on any atom is -0.368 e. The molecule has 5 nitrogen and oxygen atoms in total. The van der Waals surface area contributed by atoms with Crippen molar-refractivity contribution in [3.63, 3.8) is 0 Å². The zero-order valence-electron chi connectivity index (χ0n) is 9.04. The first-order valence-corrected chi connectivity index (χ1v) is 4.95. The van der Waals surface area contributed by atoms with Crippen LogP contribution in [0.5, 0.6) is 0 Å². The summed E-state index contributed by atoms with van der Waals surface area (Å²) in [6, 6.07) is 0. The summed E-state index contributed by atoms with van der Waals surface area (Å²) in [7, 11) is 1.69. The van der Waals surface area contributed by atoms with Crippen LogP contribution in [0.15, 0.2) is 6.20 Å². The van der Waals surface area contributed by atoms with Crippen molar-refractivity contribution in [1.82, 2.24) is 15.1 Å². The van der Waals surface area contributed by atoms with Gasteiger partial charge in [0.15, 0.2) is 0 Å². The molecule has 0 bridgehead atoms. The molecule has 1 heterocycles. The van der Waals surface area contributed by atoms with Crippen molar-refractivity contribution in [2.24, 2.45) is 5.73 Å². The lowest BCUT2D eigenvalue weighted by atomic mass is 10.0. The number of aromatic nitrogens is 2. The van der Waals surface area contributed by atoms with Gasteiger partial charge in [-0.15, -0.1) is 0 Å². The maximum absolute atomic E-state index is 11.3. The minimum atomic E-state index is -0.819. The van der Waals surface area contributed by atoms with Gasteiger partial charge in [-0.2, -0.15) is 5.10 Å². The lowest BCUT2D eigenvalue weighted by molar-refractivity contribution is -0.124. The van der Waals surface area contributed by atoms with Crippen LogP contribution in [-0.2, 0) is 11.3 Å². The fourth-order valence-electron chi connectivity index (χ4n) is 1.16. The molecule has 0 radical (unpaired) electrons. The highest BCUT2D eigenvalue weighted by molar-refractivity contribution is 6.31. The third-order valence-electron chi connectivity index (χ3n) is 2.60. The van der Waals surface area contributed by atoms with Gasteiger partial charge in [0.1, 0.15) is 5.54 Å². The van der Waals surface area contributed by atoms with E-state index in [1.807, 2.05) is 6.92 Å². The van der Waals surface area contributed by atoms with Crippen molar-refractivity contribution in [3.8, 4) is 0 Å². The van der Waals surface area contributed by atoms with Gasteiger partial charge in [0.25, 0.3) is 0 Å². The molecule has 1 atom stereocenters. The Kier molecular flexibility index (Phi) is 3.36. The molecule has 1 aromatic heterocycles. The molecule has 1 unspecified atom stereocenters. The van der Waals surface area contributed by atoms with Crippen LogP contribution in [0.2, 0.25) is 5.02 Å².